The van der Waals surface area contributed by atoms with E-state index in [1.54, 1.807) is 25.1 Å². The highest BCUT2D eigenvalue weighted by Gasteiger charge is 2.31. The average molecular weight is 416 g/mol. The van der Waals surface area contributed by atoms with Gasteiger partial charge in [-0.05, 0) is 49.2 Å². The number of amides is 1. The van der Waals surface area contributed by atoms with Crippen molar-refractivity contribution in [3.8, 4) is 5.75 Å². The van der Waals surface area contributed by atoms with Crippen LogP contribution in [0.5, 0.6) is 5.75 Å². The Bertz CT molecular complexity index is 1030. The predicted molar refractivity (Wildman–Crippen MR) is 114 cm³/mol. The van der Waals surface area contributed by atoms with Crippen molar-refractivity contribution in [3.05, 3.63) is 59.7 Å². The van der Waals surface area contributed by atoms with E-state index in [1.165, 1.54) is 11.9 Å². The molecule has 0 saturated carbocycles. The Morgan fingerprint density at radius 2 is 1.97 bits per heavy atom. The number of hydrogen-bond acceptors (Lipinski definition) is 5. The third kappa shape index (κ3) is 4.95. The largest absolute Gasteiger partial charge is 0.494 e. The predicted octanol–water partition coefficient (Wildman–Crippen LogP) is 3.54. The van der Waals surface area contributed by atoms with Crippen LogP contribution in [0, 0.1) is 0 Å². The molecule has 2 aromatic carbocycles. The molecule has 29 heavy (non-hydrogen) atoms. The van der Waals surface area contributed by atoms with Crippen LogP contribution in [0.25, 0.3) is 0 Å². The highest BCUT2D eigenvalue weighted by molar-refractivity contribution is 7.92. The molecule has 0 fully saturated rings. The summed E-state index contributed by atoms with van der Waals surface area (Å²) in [7, 11) is -3.37. The summed E-state index contributed by atoms with van der Waals surface area (Å²) < 4.78 is 31.8. The van der Waals surface area contributed by atoms with Gasteiger partial charge in [0.15, 0.2) is 0 Å². The van der Waals surface area contributed by atoms with Gasteiger partial charge in [0.05, 0.1) is 24.1 Å². The number of nitrogens with zero attached hydrogens (tertiary/aromatic N) is 2. The fraction of sp³-hybridized carbons (Fsp3) is 0.333. The van der Waals surface area contributed by atoms with E-state index < -0.39 is 10.0 Å². The number of nitrogens with one attached hydrogen (secondary N) is 1. The van der Waals surface area contributed by atoms with Gasteiger partial charge in [0, 0.05) is 19.0 Å². The van der Waals surface area contributed by atoms with E-state index in [4.69, 9.17) is 4.74 Å². The van der Waals surface area contributed by atoms with Crippen molar-refractivity contribution in [1.29, 1.82) is 0 Å². The van der Waals surface area contributed by atoms with Crippen LogP contribution in [-0.2, 0) is 14.8 Å². The number of rotatable bonds is 7. The molecule has 1 aliphatic rings. The molecule has 7 nitrogen and oxygen atoms in total. The molecule has 0 aromatic heterocycles. The number of benzene rings is 2. The Hall–Kier alpha value is -2.87. The zero-order valence-corrected chi connectivity index (χ0v) is 17.6. The summed E-state index contributed by atoms with van der Waals surface area (Å²) in [4.78, 5) is 12.2. The lowest BCUT2D eigenvalue weighted by Crippen LogP contribution is -2.24. The molecule has 8 heteroatoms. The van der Waals surface area contributed by atoms with E-state index in [0.717, 1.165) is 22.6 Å². The van der Waals surface area contributed by atoms with Crippen LogP contribution in [0.1, 0.15) is 44.4 Å². The number of hydrogen-bond donors (Lipinski definition) is 1. The van der Waals surface area contributed by atoms with Gasteiger partial charge < -0.3 is 4.74 Å². The first-order chi connectivity index (χ1) is 13.8. The van der Waals surface area contributed by atoms with Gasteiger partial charge in [-0.15, -0.1) is 0 Å². The van der Waals surface area contributed by atoms with E-state index in [9.17, 15) is 13.2 Å². The average Bonchev–Trinajstić information content (AvgIpc) is 3.14. The van der Waals surface area contributed by atoms with E-state index in [0.29, 0.717) is 18.7 Å². The Morgan fingerprint density at radius 3 is 2.66 bits per heavy atom. The molecular weight excluding hydrogens is 390 g/mol. The number of ether oxygens (including phenoxy) is 1. The van der Waals surface area contributed by atoms with Gasteiger partial charge in [-0.25, -0.2) is 13.4 Å². The lowest BCUT2D eigenvalue weighted by molar-refractivity contribution is -0.130. The lowest BCUT2D eigenvalue weighted by Gasteiger charge is -2.21. The first-order valence-corrected chi connectivity index (χ1v) is 11.2. The van der Waals surface area contributed by atoms with Crippen LogP contribution in [0.2, 0.25) is 0 Å². The second-order valence-electron chi connectivity index (χ2n) is 6.72. The van der Waals surface area contributed by atoms with Gasteiger partial charge in [-0.3, -0.25) is 9.52 Å². The van der Waals surface area contributed by atoms with Gasteiger partial charge in [0.2, 0.25) is 15.9 Å². The van der Waals surface area contributed by atoms with Crippen LogP contribution in [0.3, 0.4) is 0 Å². The zero-order valence-electron chi connectivity index (χ0n) is 16.8. The van der Waals surface area contributed by atoms with Crippen molar-refractivity contribution < 1.29 is 17.9 Å². The highest BCUT2D eigenvalue weighted by atomic mass is 32.2. The fourth-order valence-electron chi connectivity index (χ4n) is 3.23. The molecule has 0 spiro atoms. The molecule has 0 bridgehead atoms. The van der Waals surface area contributed by atoms with Crippen LogP contribution in [0.4, 0.5) is 5.69 Å². The molecule has 1 atom stereocenters. The van der Waals surface area contributed by atoms with Crippen molar-refractivity contribution in [1.82, 2.24) is 5.01 Å². The van der Waals surface area contributed by atoms with Crippen LogP contribution >= 0.6 is 0 Å². The molecule has 2 aromatic rings. The van der Waals surface area contributed by atoms with Gasteiger partial charge in [-0.1, -0.05) is 24.3 Å². The number of carbonyl (C=O) groups is 1. The monoisotopic (exact) mass is 415 g/mol. The summed E-state index contributed by atoms with van der Waals surface area (Å²) in [6, 6.07) is 14.5. The molecule has 154 valence electrons. The molecule has 1 heterocycles. The molecule has 1 N–H and O–H groups in total. The second-order valence-corrected chi connectivity index (χ2v) is 8.73. The summed E-state index contributed by atoms with van der Waals surface area (Å²) in [6.07, 6.45) is 0.527. The van der Waals surface area contributed by atoms with Crippen LogP contribution in [0.15, 0.2) is 53.6 Å². The smallest absolute Gasteiger partial charge is 0.240 e. The normalized spacial score (nSPS) is 16.4. The molecule has 1 unspecified atom stereocenters. The van der Waals surface area contributed by atoms with E-state index in [1.807, 2.05) is 37.3 Å². The standard InChI is InChI=1S/C21H25N3O4S/c1-4-28-19-11-7-9-17(13-19)21-14-20(22-24(21)15(3)25)16-8-6-10-18(12-16)23-29(26,27)5-2/h6-13,21,23H,4-5,14H2,1-3H3. The molecular formula is C21H25N3O4S. The second kappa shape index (κ2) is 8.65. The lowest BCUT2D eigenvalue weighted by atomic mass is 9.98. The first-order valence-electron chi connectivity index (χ1n) is 9.54. The number of anilines is 1. The minimum Gasteiger partial charge on any atom is -0.494 e. The Morgan fingerprint density at radius 1 is 1.21 bits per heavy atom. The maximum absolute atomic E-state index is 12.2. The first kappa shape index (κ1) is 20.9. The molecule has 3 rings (SSSR count). The fourth-order valence-corrected chi connectivity index (χ4v) is 3.86. The SMILES string of the molecule is CCOc1cccc(C2CC(c3cccc(NS(=O)(=O)CC)c3)=NN2C(C)=O)c1. The van der Waals surface area contributed by atoms with Crippen molar-refractivity contribution in [2.75, 3.05) is 17.1 Å². The number of hydrazone groups is 1. The molecule has 0 radical (unpaired) electrons. The Kier molecular flexibility index (Phi) is 6.22. The third-order valence-electron chi connectivity index (χ3n) is 4.64. The minimum absolute atomic E-state index is 0.00542. The Balaban J connectivity index is 1.89. The van der Waals surface area contributed by atoms with Crippen molar-refractivity contribution in [3.63, 3.8) is 0 Å². The van der Waals surface area contributed by atoms with Gasteiger partial charge >= 0.3 is 0 Å². The summed E-state index contributed by atoms with van der Waals surface area (Å²) in [6.45, 7) is 5.55. The van der Waals surface area contributed by atoms with Crippen molar-refractivity contribution in [2.24, 2.45) is 5.10 Å². The third-order valence-corrected chi connectivity index (χ3v) is 5.94. The van der Waals surface area contributed by atoms with Gasteiger partial charge in [0.1, 0.15) is 5.75 Å². The van der Waals surface area contributed by atoms with Crippen molar-refractivity contribution in [2.45, 2.75) is 33.2 Å². The minimum atomic E-state index is -3.37. The molecule has 0 aliphatic carbocycles. The summed E-state index contributed by atoms with van der Waals surface area (Å²) >= 11 is 0. The number of sulfonamides is 1. The highest BCUT2D eigenvalue weighted by Crippen LogP contribution is 2.34. The van der Waals surface area contributed by atoms with Crippen LogP contribution in [-0.4, -0.2) is 37.4 Å². The van der Waals surface area contributed by atoms with Crippen LogP contribution < -0.4 is 9.46 Å². The topological polar surface area (TPSA) is 88.1 Å². The van der Waals surface area contributed by atoms with E-state index in [-0.39, 0.29) is 17.7 Å². The maximum Gasteiger partial charge on any atom is 0.240 e. The van der Waals surface area contributed by atoms with Gasteiger partial charge in [-0.2, -0.15) is 5.10 Å². The van der Waals surface area contributed by atoms with E-state index in [2.05, 4.69) is 9.82 Å². The molecule has 1 amide bonds. The molecule has 0 saturated heterocycles. The van der Waals surface area contributed by atoms with E-state index >= 15 is 0 Å². The van der Waals surface area contributed by atoms with Gasteiger partial charge in [0.25, 0.3) is 0 Å². The summed E-state index contributed by atoms with van der Waals surface area (Å²) in [5.41, 5.74) is 2.91. The quantitative estimate of drug-likeness (QED) is 0.749. The maximum atomic E-state index is 12.2. The summed E-state index contributed by atoms with van der Waals surface area (Å²) in [5.74, 6) is 0.585. The van der Waals surface area contributed by atoms with Crippen molar-refractivity contribution >= 4 is 27.3 Å². The number of carbonyl (C=O) groups excluding carboxylic acids is 1. The Labute approximate surface area is 171 Å². The summed E-state index contributed by atoms with van der Waals surface area (Å²) in [5, 5.41) is 6.01. The zero-order chi connectivity index (χ0) is 21.0. The molecule has 1 aliphatic heterocycles.